The zero-order chi connectivity index (χ0) is 15.1. The molecular weight excluding hydrogens is 258 g/mol. The van der Waals surface area contributed by atoms with Crippen molar-refractivity contribution in [2.75, 3.05) is 13.2 Å². The fraction of sp³-hybridized carbons (Fsp3) is 0.684. The fourth-order valence-corrected chi connectivity index (χ4v) is 3.21. The highest BCUT2D eigenvalue weighted by Crippen LogP contribution is 2.24. The molecule has 2 atom stereocenters. The summed E-state index contributed by atoms with van der Waals surface area (Å²) in [6.45, 7) is 8.71. The highest BCUT2D eigenvalue weighted by molar-refractivity contribution is 5.25. The van der Waals surface area contributed by atoms with Gasteiger partial charge in [0.2, 0.25) is 0 Å². The lowest BCUT2D eigenvalue weighted by molar-refractivity contribution is 0.0996. The van der Waals surface area contributed by atoms with E-state index in [1.165, 1.54) is 43.2 Å². The summed E-state index contributed by atoms with van der Waals surface area (Å²) < 4.78 is 5.75. The van der Waals surface area contributed by atoms with Crippen LogP contribution >= 0.6 is 0 Å². The summed E-state index contributed by atoms with van der Waals surface area (Å²) in [6, 6.07) is 9.67. The molecule has 0 bridgehead atoms. The summed E-state index contributed by atoms with van der Waals surface area (Å²) >= 11 is 0. The highest BCUT2D eigenvalue weighted by atomic mass is 16.5. The van der Waals surface area contributed by atoms with Crippen molar-refractivity contribution >= 4 is 0 Å². The van der Waals surface area contributed by atoms with Gasteiger partial charge in [0.15, 0.2) is 0 Å². The zero-order valence-electron chi connectivity index (χ0n) is 13.9. The first-order chi connectivity index (χ1) is 10.2. The van der Waals surface area contributed by atoms with Crippen molar-refractivity contribution in [3.05, 3.63) is 35.4 Å². The van der Waals surface area contributed by atoms with E-state index >= 15 is 0 Å². The number of benzene rings is 1. The molecule has 1 aromatic rings. The number of hydrogen-bond donors (Lipinski definition) is 1. The van der Waals surface area contributed by atoms with Gasteiger partial charge in [-0.2, -0.15) is 0 Å². The minimum Gasteiger partial charge on any atom is -0.378 e. The molecule has 0 aliphatic carbocycles. The van der Waals surface area contributed by atoms with Gasteiger partial charge in [0, 0.05) is 12.6 Å². The molecule has 0 saturated carbocycles. The molecule has 1 N–H and O–H groups in total. The van der Waals surface area contributed by atoms with Crippen LogP contribution in [-0.4, -0.2) is 19.3 Å². The van der Waals surface area contributed by atoms with Crippen LogP contribution in [0.3, 0.4) is 0 Å². The SMILES string of the molecule is CCNC(CCC1CCCO1)c1ccc(CC(C)C)cc1. The quantitative estimate of drug-likeness (QED) is 0.761. The second-order valence-corrected chi connectivity index (χ2v) is 6.66. The van der Waals surface area contributed by atoms with Crippen molar-refractivity contribution in [2.24, 2.45) is 5.92 Å². The number of ether oxygens (including phenoxy) is 1. The highest BCUT2D eigenvalue weighted by Gasteiger charge is 2.18. The minimum absolute atomic E-state index is 0.465. The van der Waals surface area contributed by atoms with E-state index in [2.05, 4.69) is 50.4 Å². The third-order valence-corrected chi connectivity index (χ3v) is 4.28. The molecule has 1 saturated heterocycles. The van der Waals surface area contributed by atoms with E-state index in [-0.39, 0.29) is 0 Å². The first-order valence-corrected chi connectivity index (χ1v) is 8.63. The Kier molecular flexibility index (Phi) is 6.72. The van der Waals surface area contributed by atoms with Crippen molar-refractivity contribution in [1.29, 1.82) is 0 Å². The van der Waals surface area contributed by atoms with Crippen LogP contribution in [0.1, 0.15) is 63.6 Å². The molecule has 2 rings (SSSR count). The van der Waals surface area contributed by atoms with Crippen LogP contribution in [0.4, 0.5) is 0 Å². The molecule has 2 nitrogen and oxygen atoms in total. The lowest BCUT2D eigenvalue weighted by atomic mass is 9.96. The van der Waals surface area contributed by atoms with E-state index in [4.69, 9.17) is 4.74 Å². The molecule has 2 unspecified atom stereocenters. The van der Waals surface area contributed by atoms with Crippen LogP contribution in [0.15, 0.2) is 24.3 Å². The molecule has 1 heterocycles. The van der Waals surface area contributed by atoms with Gasteiger partial charge in [-0.25, -0.2) is 0 Å². The normalized spacial score (nSPS) is 20.1. The summed E-state index contributed by atoms with van der Waals surface area (Å²) in [6.07, 6.45) is 6.48. The molecule has 1 aliphatic rings. The average Bonchev–Trinajstić information content (AvgIpc) is 2.97. The maximum absolute atomic E-state index is 5.75. The van der Waals surface area contributed by atoms with Crippen molar-refractivity contribution in [3.63, 3.8) is 0 Å². The third-order valence-electron chi connectivity index (χ3n) is 4.28. The topological polar surface area (TPSA) is 21.3 Å². The molecule has 2 heteroatoms. The number of rotatable bonds is 8. The first-order valence-electron chi connectivity index (χ1n) is 8.63. The van der Waals surface area contributed by atoms with Crippen LogP contribution in [-0.2, 0) is 11.2 Å². The zero-order valence-corrected chi connectivity index (χ0v) is 13.9. The van der Waals surface area contributed by atoms with E-state index in [1.54, 1.807) is 0 Å². The third kappa shape index (κ3) is 5.44. The average molecular weight is 289 g/mol. The molecule has 1 fully saturated rings. The van der Waals surface area contributed by atoms with Crippen molar-refractivity contribution in [3.8, 4) is 0 Å². The first kappa shape index (κ1) is 16.5. The lowest BCUT2D eigenvalue weighted by Crippen LogP contribution is -2.22. The Hall–Kier alpha value is -0.860. The Balaban J connectivity index is 1.92. The van der Waals surface area contributed by atoms with E-state index in [0.717, 1.165) is 19.1 Å². The van der Waals surface area contributed by atoms with Gasteiger partial charge in [-0.15, -0.1) is 0 Å². The summed E-state index contributed by atoms with van der Waals surface area (Å²) in [5.41, 5.74) is 2.87. The second-order valence-electron chi connectivity index (χ2n) is 6.66. The minimum atomic E-state index is 0.465. The summed E-state index contributed by atoms with van der Waals surface area (Å²) in [5.74, 6) is 0.722. The smallest absolute Gasteiger partial charge is 0.0576 e. The Morgan fingerprint density at radius 1 is 1.24 bits per heavy atom. The van der Waals surface area contributed by atoms with Gasteiger partial charge in [-0.3, -0.25) is 0 Å². The maximum atomic E-state index is 5.75. The molecule has 0 spiro atoms. The molecule has 118 valence electrons. The monoisotopic (exact) mass is 289 g/mol. The molecule has 1 aliphatic heterocycles. The lowest BCUT2D eigenvalue weighted by Gasteiger charge is -2.20. The van der Waals surface area contributed by atoms with Crippen LogP contribution in [0, 0.1) is 5.92 Å². The van der Waals surface area contributed by atoms with Crippen molar-refractivity contribution < 1.29 is 4.74 Å². The molecule has 1 aromatic carbocycles. The van der Waals surface area contributed by atoms with Gasteiger partial charge in [0.05, 0.1) is 6.10 Å². The van der Waals surface area contributed by atoms with Gasteiger partial charge in [-0.05, 0) is 55.7 Å². The van der Waals surface area contributed by atoms with Gasteiger partial charge < -0.3 is 10.1 Å². The predicted molar refractivity (Wildman–Crippen MR) is 89.6 cm³/mol. The molecule has 0 radical (unpaired) electrons. The Labute approximate surface area is 130 Å². The maximum Gasteiger partial charge on any atom is 0.0576 e. The predicted octanol–water partition coefficient (Wildman–Crippen LogP) is 4.49. The molecular formula is C19H31NO. The Morgan fingerprint density at radius 2 is 2.00 bits per heavy atom. The summed E-state index contributed by atoms with van der Waals surface area (Å²) in [7, 11) is 0. The van der Waals surface area contributed by atoms with Crippen LogP contribution in [0.2, 0.25) is 0 Å². The van der Waals surface area contributed by atoms with Gasteiger partial charge in [0.1, 0.15) is 0 Å². The molecule has 0 amide bonds. The van der Waals surface area contributed by atoms with Crippen LogP contribution in [0.5, 0.6) is 0 Å². The van der Waals surface area contributed by atoms with Crippen LogP contribution < -0.4 is 5.32 Å². The number of hydrogen-bond acceptors (Lipinski definition) is 2. The van der Waals surface area contributed by atoms with E-state index in [9.17, 15) is 0 Å². The standard InChI is InChI=1S/C19H31NO/c1-4-20-19(12-11-18-6-5-13-21-18)17-9-7-16(8-10-17)14-15(2)3/h7-10,15,18-20H,4-6,11-14H2,1-3H3. The number of nitrogens with one attached hydrogen (secondary N) is 1. The fourth-order valence-electron chi connectivity index (χ4n) is 3.21. The van der Waals surface area contributed by atoms with Crippen molar-refractivity contribution in [1.82, 2.24) is 5.32 Å². The molecule has 21 heavy (non-hydrogen) atoms. The van der Waals surface area contributed by atoms with E-state index in [1.807, 2.05) is 0 Å². The molecule has 0 aromatic heterocycles. The Morgan fingerprint density at radius 3 is 2.57 bits per heavy atom. The largest absolute Gasteiger partial charge is 0.378 e. The van der Waals surface area contributed by atoms with Crippen molar-refractivity contribution in [2.45, 2.75) is 65.0 Å². The van der Waals surface area contributed by atoms with E-state index < -0.39 is 0 Å². The van der Waals surface area contributed by atoms with Gasteiger partial charge in [0.25, 0.3) is 0 Å². The second kappa shape index (κ2) is 8.55. The Bertz CT molecular complexity index is 393. The van der Waals surface area contributed by atoms with E-state index in [0.29, 0.717) is 12.1 Å². The van der Waals surface area contributed by atoms with Crippen LogP contribution in [0.25, 0.3) is 0 Å². The van der Waals surface area contributed by atoms with Gasteiger partial charge >= 0.3 is 0 Å². The van der Waals surface area contributed by atoms with Gasteiger partial charge in [-0.1, -0.05) is 45.0 Å². The summed E-state index contributed by atoms with van der Waals surface area (Å²) in [4.78, 5) is 0. The summed E-state index contributed by atoms with van der Waals surface area (Å²) in [5, 5.41) is 3.63.